The average Bonchev–Trinajstić information content (AvgIpc) is 3.21. The van der Waals surface area contributed by atoms with Gasteiger partial charge < -0.3 is 10.2 Å². The van der Waals surface area contributed by atoms with Gasteiger partial charge in [-0.1, -0.05) is 12.1 Å². The SMILES string of the molecule is CN(C)c1ccc(CNC(=O)c2cnc3sc4c(n3c2=O)CCC4)cc1. The van der Waals surface area contributed by atoms with Gasteiger partial charge in [0.25, 0.3) is 11.5 Å². The summed E-state index contributed by atoms with van der Waals surface area (Å²) in [5.74, 6) is -0.383. The second-order valence-corrected chi connectivity index (χ2v) is 7.73. The van der Waals surface area contributed by atoms with Crippen molar-refractivity contribution in [3.63, 3.8) is 0 Å². The molecule has 134 valence electrons. The maximum atomic E-state index is 12.8. The number of carbonyl (C=O) groups excluding carboxylic acids is 1. The summed E-state index contributed by atoms with van der Waals surface area (Å²) in [5, 5.41) is 2.83. The zero-order valence-corrected chi connectivity index (χ0v) is 15.6. The number of hydrogen-bond donors (Lipinski definition) is 1. The summed E-state index contributed by atoms with van der Waals surface area (Å²) in [6.45, 7) is 0.371. The molecule has 0 saturated carbocycles. The fourth-order valence-corrected chi connectivity index (χ4v) is 4.42. The van der Waals surface area contributed by atoms with Crippen molar-refractivity contribution in [2.45, 2.75) is 25.8 Å². The minimum absolute atomic E-state index is 0.0971. The molecule has 2 heterocycles. The lowest BCUT2D eigenvalue weighted by Gasteiger charge is -2.13. The number of anilines is 1. The maximum absolute atomic E-state index is 12.8. The number of aromatic nitrogens is 2. The Morgan fingerprint density at radius 3 is 2.77 bits per heavy atom. The lowest BCUT2D eigenvalue weighted by molar-refractivity contribution is 0.0949. The van der Waals surface area contributed by atoms with Gasteiger partial charge in [-0.2, -0.15) is 0 Å². The molecule has 1 amide bonds. The van der Waals surface area contributed by atoms with Gasteiger partial charge in [0.15, 0.2) is 4.96 Å². The fraction of sp³-hybridized carbons (Fsp3) is 0.316. The largest absolute Gasteiger partial charge is 0.378 e. The van der Waals surface area contributed by atoms with Crippen LogP contribution in [0.1, 0.15) is 32.9 Å². The van der Waals surface area contributed by atoms with E-state index in [2.05, 4.69) is 10.3 Å². The zero-order chi connectivity index (χ0) is 18.3. The summed E-state index contributed by atoms with van der Waals surface area (Å²) in [4.78, 5) is 33.5. The zero-order valence-electron chi connectivity index (χ0n) is 14.8. The molecule has 0 unspecified atom stereocenters. The third-order valence-corrected chi connectivity index (χ3v) is 5.86. The topological polar surface area (TPSA) is 66.7 Å². The van der Waals surface area contributed by atoms with Crippen LogP contribution in [0.3, 0.4) is 0 Å². The summed E-state index contributed by atoms with van der Waals surface area (Å²) in [6, 6.07) is 7.93. The third-order valence-electron chi connectivity index (χ3n) is 4.70. The van der Waals surface area contributed by atoms with Crippen LogP contribution in [0.2, 0.25) is 0 Å². The Kier molecular flexibility index (Phi) is 4.24. The van der Waals surface area contributed by atoms with Crippen LogP contribution in [0, 0.1) is 0 Å². The van der Waals surface area contributed by atoms with Gasteiger partial charge in [-0.3, -0.25) is 14.0 Å². The number of hydrogen-bond acceptors (Lipinski definition) is 5. The first-order valence-corrected chi connectivity index (χ1v) is 9.43. The number of amides is 1. The smallest absolute Gasteiger partial charge is 0.271 e. The number of carbonyl (C=O) groups is 1. The molecule has 0 fully saturated rings. The van der Waals surface area contributed by atoms with E-state index in [1.807, 2.05) is 43.3 Å². The highest BCUT2D eigenvalue weighted by Crippen LogP contribution is 2.28. The molecule has 1 aromatic carbocycles. The molecular formula is C19H20N4O2S. The van der Waals surface area contributed by atoms with Crippen LogP contribution in [0.4, 0.5) is 5.69 Å². The van der Waals surface area contributed by atoms with Crippen molar-refractivity contribution in [1.29, 1.82) is 0 Å². The minimum atomic E-state index is -0.383. The number of thiazole rings is 1. The van der Waals surface area contributed by atoms with Crippen LogP contribution in [0.15, 0.2) is 35.3 Å². The first-order chi connectivity index (χ1) is 12.5. The van der Waals surface area contributed by atoms with E-state index in [4.69, 9.17) is 0 Å². The quantitative estimate of drug-likeness (QED) is 0.767. The Balaban J connectivity index is 1.55. The van der Waals surface area contributed by atoms with Crippen molar-refractivity contribution in [2.75, 3.05) is 19.0 Å². The Labute approximate surface area is 155 Å². The third kappa shape index (κ3) is 2.88. The maximum Gasteiger partial charge on any atom is 0.271 e. The molecule has 0 radical (unpaired) electrons. The Hall–Kier alpha value is -2.67. The number of nitrogens with zero attached hydrogens (tertiary/aromatic N) is 3. The summed E-state index contributed by atoms with van der Waals surface area (Å²) < 4.78 is 1.62. The van der Waals surface area contributed by atoms with Crippen LogP contribution >= 0.6 is 11.3 Å². The van der Waals surface area contributed by atoms with Gasteiger partial charge in [-0.05, 0) is 37.0 Å². The van der Waals surface area contributed by atoms with E-state index >= 15 is 0 Å². The molecule has 0 spiro atoms. The highest BCUT2D eigenvalue weighted by Gasteiger charge is 2.22. The summed E-state index contributed by atoms with van der Waals surface area (Å²) in [6.07, 6.45) is 4.32. The number of fused-ring (bicyclic) bond motifs is 3. The van der Waals surface area contributed by atoms with Gasteiger partial charge in [-0.25, -0.2) is 4.98 Å². The number of aryl methyl sites for hydroxylation is 2. The number of rotatable bonds is 4. The predicted octanol–water partition coefficient (Wildman–Crippen LogP) is 2.24. The molecule has 6 nitrogen and oxygen atoms in total. The fourth-order valence-electron chi connectivity index (χ4n) is 3.25. The molecule has 7 heteroatoms. The van der Waals surface area contributed by atoms with Gasteiger partial charge in [0, 0.05) is 43.1 Å². The van der Waals surface area contributed by atoms with Crippen molar-refractivity contribution >= 4 is 27.9 Å². The molecule has 2 aromatic heterocycles. The van der Waals surface area contributed by atoms with Gasteiger partial charge >= 0.3 is 0 Å². The van der Waals surface area contributed by atoms with E-state index in [-0.39, 0.29) is 17.0 Å². The van der Waals surface area contributed by atoms with Gasteiger partial charge in [0.1, 0.15) is 5.56 Å². The lowest BCUT2D eigenvalue weighted by atomic mass is 10.2. The van der Waals surface area contributed by atoms with Crippen LogP contribution in [0.5, 0.6) is 0 Å². The Morgan fingerprint density at radius 2 is 2.04 bits per heavy atom. The molecule has 0 bridgehead atoms. The summed E-state index contributed by atoms with van der Waals surface area (Å²) >= 11 is 1.55. The van der Waals surface area contributed by atoms with Crippen LogP contribution in [-0.2, 0) is 19.4 Å². The van der Waals surface area contributed by atoms with E-state index in [1.165, 1.54) is 11.1 Å². The van der Waals surface area contributed by atoms with E-state index in [1.54, 1.807) is 15.7 Å². The summed E-state index contributed by atoms with van der Waals surface area (Å²) in [7, 11) is 3.96. The average molecular weight is 368 g/mol. The normalized spacial score (nSPS) is 13.0. The van der Waals surface area contributed by atoms with Gasteiger partial charge in [0.2, 0.25) is 0 Å². The Bertz CT molecular complexity index is 1030. The molecule has 3 aromatic rings. The minimum Gasteiger partial charge on any atom is -0.378 e. The van der Waals surface area contributed by atoms with Crippen molar-refractivity contribution in [2.24, 2.45) is 0 Å². The lowest BCUT2D eigenvalue weighted by Crippen LogP contribution is -2.31. The number of nitrogens with one attached hydrogen (secondary N) is 1. The molecule has 1 N–H and O–H groups in total. The van der Waals surface area contributed by atoms with Crippen LogP contribution < -0.4 is 15.8 Å². The second-order valence-electron chi connectivity index (χ2n) is 6.66. The highest BCUT2D eigenvalue weighted by molar-refractivity contribution is 7.17. The molecule has 1 aliphatic carbocycles. The molecule has 4 rings (SSSR count). The molecule has 0 saturated heterocycles. The molecule has 26 heavy (non-hydrogen) atoms. The monoisotopic (exact) mass is 368 g/mol. The van der Waals surface area contributed by atoms with E-state index in [0.29, 0.717) is 11.5 Å². The second kappa shape index (κ2) is 6.57. The van der Waals surface area contributed by atoms with Gasteiger partial charge in [0.05, 0.1) is 0 Å². The first-order valence-electron chi connectivity index (χ1n) is 8.61. The van der Waals surface area contributed by atoms with Crippen LogP contribution in [-0.4, -0.2) is 29.4 Å². The number of benzene rings is 1. The molecule has 1 aliphatic rings. The van der Waals surface area contributed by atoms with Crippen molar-refractivity contribution in [3.8, 4) is 0 Å². The predicted molar refractivity (Wildman–Crippen MR) is 103 cm³/mol. The molecular weight excluding hydrogens is 348 g/mol. The first kappa shape index (κ1) is 16.8. The highest BCUT2D eigenvalue weighted by atomic mass is 32.1. The standard InChI is InChI=1S/C19H20N4O2S/c1-22(2)13-8-6-12(7-9-13)10-20-17(24)14-11-21-19-23(18(14)25)15-4-3-5-16(15)26-19/h6-9,11H,3-5,10H2,1-2H3,(H,20,24). The van der Waals surface area contributed by atoms with E-state index in [9.17, 15) is 9.59 Å². The van der Waals surface area contributed by atoms with E-state index in [0.717, 1.165) is 36.2 Å². The van der Waals surface area contributed by atoms with Crippen molar-refractivity contribution in [3.05, 3.63) is 62.5 Å². The molecule has 0 aliphatic heterocycles. The van der Waals surface area contributed by atoms with E-state index < -0.39 is 0 Å². The van der Waals surface area contributed by atoms with Gasteiger partial charge in [-0.15, -0.1) is 11.3 Å². The summed E-state index contributed by atoms with van der Waals surface area (Å²) in [5.41, 5.74) is 2.93. The molecule has 0 atom stereocenters. The van der Waals surface area contributed by atoms with Crippen molar-refractivity contribution in [1.82, 2.24) is 14.7 Å². The van der Waals surface area contributed by atoms with Crippen molar-refractivity contribution < 1.29 is 4.79 Å². The van der Waals surface area contributed by atoms with Crippen LogP contribution in [0.25, 0.3) is 4.96 Å². The Morgan fingerprint density at radius 1 is 1.27 bits per heavy atom.